The van der Waals surface area contributed by atoms with Crippen molar-refractivity contribution in [1.82, 2.24) is 0 Å². The molecule has 7 nitrogen and oxygen atoms in total. The molecule has 1 aliphatic rings. The molecule has 22 heavy (non-hydrogen) atoms. The topological polar surface area (TPSA) is 100.0 Å². The molecule has 0 aromatic heterocycles. The fourth-order valence-corrected chi connectivity index (χ4v) is 2.12. The number of methoxy groups -OCH3 is 1. The molecule has 1 heterocycles. The summed E-state index contributed by atoms with van der Waals surface area (Å²) in [6, 6.07) is 0.784. The Kier molecular flexibility index (Phi) is 3.63. The van der Waals surface area contributed by atoms with Crippen LogP contribution in [0.4, 0.5) is 18.9 Å². The number of nitrogens with zero attached hydrogens (tertiary/aromatic N) is 2. The summed E-state index contributed by atoms with van der Waals surface area (Å²) in [7, 11) is 1.10. The lowest BCUT2D eigenvalue weighted by Crippen LogP contribution is -2.51. The Balaban J connectivity index is 2.72. The van der Waals surface area contributed by atoms with Gasteiger partial charge in [-0.2, -0.15) is 8.78 Å². The van der Waals surface area contributed by atoms with E-state index in [4.69, 9.17) is 5.73 Å². The molecule has 1 aliphatic heterocycles. The van der Waals surface area contributed by atoms with Crippen LogP contribution in [0.2, 0.25) is 0 Å². The van der Waals surface area contributed by atoms with Crippen molar-refractivity contribution in [2.75, 3.05) is 13.7 Å². The van der Waals surface area contributed by atoms with Gasteiger partial charge in [0.25, 0.3) is 6.02 Å². The second-order valence-electron chi connectivity index (χ2n) is 4.78. The van der Waals surface area contributed by atoms with Crippen LogP contribution in [0.25, 0.3) is 0 Å². The van der Waals surface area contributed by atoms with Gasteiger partial charge in [0.1, 0.15) is 5.82 Å². The van der Waals surface area contributed by atoms with Crippen molar-refractivity contribution in [2.24, 2.45) is 10.7 Å². The van der Waals surface area contributed by atoms with Crippen LogP contribution in [0.1, 0.15) is 12.5 Å². The number of nitro benzene ring substituents is 1. The summed E-state index contributed by atoms with van der Waals surface area (Å²) in [5.41, 5.74) is 1.53. The average molecular weight is 319 g/mol. The minimum atomic E-state index is -3.61. The number of hydrogen-bond acceptors (Lipinski definition) is 6. The molecule has 1 aromatic carbocycles. The van der Waals surface area contributed by atoms with E-state index in [0.717, 1.165) is 14.0 Å². The molecule has 0 amide bonds. The Labute approximate surface area is 122 Å². The van der Waals surface area contributed by atoms with Gasteiger partial charge in [-0.3, -0.25) is 10.1 Å². The molecule has 1 atom stereocenters. The summed E-state index contributed by atoms with van der Waals surface area (Å²) in [6.07, 6.45) is 0. The monoisotopic (exact) mass is 319 g/mol. The SMILES string of the molecule is COc1cc(F)c([C@@]2(C)N=C(N)OCC2(F)F)cc1[N+](=O)[O-]. The van der Waals surface area contributed by atoms with Crippen molar-refractivity contribution >= 4 is 11.7 Å². The lowest BCUT2D eigenvalue weighted by atomic mass is 9.85. The van der Waals surface area contributed by atoms with Crippen LogP contribution in [0.15, 0.2) is 17.1 Å². The molecule has 0 fully saturated rings. The largest absolute Gasteiger partial charge is 0.490 e. The standard InChI is InChI=1S/C12H12F3N3O4/c1-11(12(14,15)5-22-10(16)17-11)6-3-8(18(19)20)9(21-2)4-7(6)13/h3-4H,5H2,1-2H3,(H2,16,17)/t11-/m1/s1. The van der Waals surface area contributed by atoms with Crippen molar-refractivity contribution < 1.29 is 27.6 Å². The van der Waals surface area contributed by atoms with Crippen LogP contribution < -0.4 is 10.5 Å². The van der Waals surface area contributed by atoms with Crippen molar-refractivity contribution in [3.63, 3.8) is 0 Å². The molecule has 0 bridgehead atoms. The van der Waals surface area contributed by atoms with Gasteiger partial charge in [-0.1, -0.05) is 0 Å². The summed E-state index contributed by atoms with van der Waals surface area (Å²) >= 11 is 0. The van der Waals surface area contributed by atoms with Crippen LogP contribution in [-0.4, -0.2) is 30.6 Å². The lowest BCUT2D eigenvalue weighted by molar-refractivity contribution is -0.385. The molecular weight excluding hydrogens is 307 g/mol. The second-order valence-corrected chi connectivity index (χ2v) is 4.78. The van der Waals surface area contributed by atoms with E-state index in [-0.39, 0.29) is 5.75 Å². The molecule has 0 saturated carbocycles. The predicted molar refractivity (Wildman–Crippen MR) is 69.5 cm³/mol. The van der Waals surface area contributed by atoms with Gasteiger partial charge in [0.05, 0.1) is 12.0 Å². The zero-order valence-corrected chi connectivity index (χ0v) is 11.6. The summed E-state index contributed by atoms with van der Waals surface area (Å²) in [5.74, 6) is -5.12. The van der Waals surface area contributed by atoms with Gasteiger partial charge in [-0.05, 0) is 6.92 Å². The van der Waals surface area contributed by atoms with Crippen LogP contribution in [0.3, 0.4) is 0 Å². The van der Waals surface area contributed by atoms with Crippen LogP contribution >= 0.6 is 0 Å². The highest BCUT2D eigenvalue weighted by atomic mass is 19.3. The van der Waals surface area contributed by atoms with Gasteiger partial charge in [0.15, 0.2) is 17.9 Å². The van der Waals surface area contributed by atoms with Gasteiger partial charge in [0.2, 0.25) is 0 Å². The van der Waals surface area contributed by atoms with Gasteiger partial charge < -0.3 is 15.2 Å². The smallest absolute Gasteiger partial charge is 0.311 e. The minimum Gasteiger partial charge on any atom is -0.490 e. The number of nitro groups is 1. The molecule has 2 rings (SSSR count). The van der Waals surface area contributed by atoms with E-state index in [1.54, 1.807) is 0 Å². The first-order valence-electron chi connectivity index (χ1n) is 6.01. The van der Waals surface area contributed by atoms with Crippen LogP contribution in [-0.2, 0) is 10.3 Å². The quantitative estimate of drug-likeness (QED) is 0.678. The average Bonchev–Trinajstić information content (AvgIpc) is 2.42. The van der Waals surface area contributed by atoms with Gasteiger partial charge in [-0.25, -0.2) is 9.38 Å². The Morgan fingerprint density at radius 2 is 2.14 bits per heavy atom. The number of alkyl halides is 2. The summed E-state index contributed by atoms with van der Waals surface area (Å²) < 4.78 is 51.6. The van der Waals surface area contributed by atoms with E-state index in [2.05, 4.69) is 14.5 Å². The van der Waals surface area contributed by atoms with Crippen molar-refractivity contribution in [1.29, 1.82) is 0 Å². The number of benzene rings is 1. The highest BCUT2D eigenvalue weighted by Crippen LogP contribution is 2.46. The molecule has 1 aromatic rings. The Hall–Kier alpha value is -2.52. The molecule has 2 N–H and O–H groups in total. The van der Waals surface area contributed by atoms with E-state index in [1.165, 1.54) is 0 Å². The maximum absolute atomic E-state index is 14.2. The fraction of sp³-hybridized carbons (Fsp3) is 0.417. The maximum Gasteiger partial charge on any atom is 0.311 e. The molecule has 0 aliphatic carbocycles. The second kappa shape index (κ2) is 5.04. The van der Waals surface area contributed by atoms with E-state index >= 15 is 0 Å². The third-order valence-electron chi connectivity index (χ3n) is 3.44. The fourth-order valence-electron chi connectivity index (χ4n) is 2.12. The predicted octanol–water partition coefficient (Wildman–Crippen LogP) is 1.94. The molecule has 0 spiro atoms. The Morgan fingerprint density at radius 3 is 2.68 bits per heavy atom. The highest BCUT2D eigenvalue weighted by molar-refractivity contribution is 5.73. The minimum absolute atomic E-state index is 0.387. The molecule has 10 heteroatoms. The number of nitrogens with two attached hydrogens (primary N) is 1. The highest BCUT2D eigenvalue weighted by Gasteiger charge is 2.56. The third kappa shape index (κ3) is 2.30. The number of aliphatic imine (C=N–C) groups is 1. The molecule has 0 unspecified atom stereocenters. The Morgan fingerprint density at radius 1 is 1.50 bits per heavy atom. The van der Waals surface area contributed by atoms with E-state index < -0.39 is 46.1 Å². The summed E-state index contributed by atoms with van der Waals surface area (Å²) in [5, 5.41) is 11.0. The lowest BCUT2D eigenvalue weighted by Gasteiger charge is -2.37. The van der Waals surface area contributed by atoms with Crippen LogP contribution in [0.5, 0.6) is 5.75 Å². The number of ether oxygens (including phenoxy) is 2. The summed E-state index contributed by atoms with van der Waals surface area (Å²) in [4.78, 5) is 13.6. The molecule has 0 radical (unpaired) electrons. The molecule has 120 valence electrons. The molecule has 0 saturated heterocycles. The van der Waals surface area contributed by atoms with Crippen molar-refractivity contribution in [2.45, 2.75) is 18.4 Å². The first-order valence-corrected chi connectivity index (χ1v) is 6.01. The van der Waals surface area contributed by atoms with E-state index in [0.29, 0.717) is 12.1 Å². The first-order chi connectivity index (χ1) is 10.1. The zero-order chi connectivity index (χ0) is 16.7. The zero-order valence-electron chi connectivity index (χ0n) is 11.6. The third-order valence-corrected chi connectivity index (χ3v) is 3.44. The Bertz CT molecular complexity index is 665. The van der Waals surface area contributed by atoms with Crippen molar-refractivity contribution in [3.8, 4) is 5.75 Å². The molecular formula is C12H12F3N3O4. The van der Waals surface area contributed by atoms with E-state index in [9.17, 15) is 23.3 Å². The number of amidine groups is 1. The summed E-state index contributed by atoms with van der Waals surface area (Å²) in [6.45, 7) is -0.185. The van der Waals surface area contributed by atoms with E-state index in [1.807, 2.05) is 0 Å². The number of halogens is 3. The first kappa shape index (κ1) is 15.9. The normalized spacial score (nSPS) is 23.4. The van der Waals surface area contributed by atoms with Crippen molar-refractivity contribution in [3.05, 3.63) is 33.6 Å². The maximum atomic E-state index is 14.2. The van der Waals surface area contributed by atoms with Gasteiger partial charge in [0, 0.05) is 17.7 Å². The number of hydrogen-bond donors (Lipinski definition) is 1. The van der Waals surface area contributed by atoms with Gasteiger partial charge >= 0.3 is 11.6 Å². The van der Waals surface area contributed by atoms with Gasteiger partial charge in [-0.15, -0.1) is 0 Å². The van der Waals surface area contributed by atoms with Crippen LogP contribution in [0, 0.1) is 15.9 Å². The number of rotatable bonds is 3.